The van der Waals surface area contributed by atoms with Crippen LogP contribution < -0.4 is 10.6 Å². The highest BCUT2D eigenvalue weighted by Crippen LogP contribution is 2.39. The van der Waals surface area contributed by atoms with E-state index in [0.717, 1.165) is 17.3 Å². The van der Waals surface area contributed by atoms with E-state index >= 15 is 0 Å². The number of nitrogens with one attached hydrogen (secondary N) is 2. The number of amides is 2. The standard InChI is InChI=1S/C17H18BrN3O4/c1-17(10-19,12-4-5-12)21-14(22)9-25-15(23)8-20-16(24)11-2-6-13(18)7-3-11/h2-3,6-7,12H,4-5,8-9H2,1H3,(H,20,24)(H,21,22)/t17-/m1/s1. The zero-order valence-corrected chi connectivity index (χ0v) is 15.3. The third kappa shape index (κ3) is 5.57. The van der Waals surface area contributed by atoms with E-state index in [0.29, 0.717) is 5.56 Å². The minimum Gasteiger partial charge on any atom is -0.454 e. The van der Waals surface area contributed by atoms with E-state index in [4.69, 9.17) is 10.00 Å². The number of benzene rings is 1. The molecule has 2 rings (SSSR count). The second-order valence-electron chi connectivity index (χ2n) is 5.99. The maximum atomic E-state index is 11.9. The van der Waals surface area contributed by atoms with Crippen molar-refractivity contribution in [3.8, 4) is 6.07 Å². The second kappa shape index (κ2) is 8.12. The zero-order valence-electron chi connectivity index (χ0n) is 13.7. The molecule has 1 saturated carbocycles. The molecule has 1 aromatic rings. The Hall–Kier alpha value is -2.40. The maximum Gasteiger partial charge on any atom is 0.325 e. The largest absolute Gasteiger partial charge is 0.454 e. The van der Waals surface area contributed by atoms with E-state index in [2.05, 4.69) is 32.6 Å². The van der Waals surface area contributed by atoms with Gasteiger partial charge in [0, 0.05) is 10.0 Å². The first-order chi connectivity index (χ1) is 11.8. The van der Waals surface area contributed by atoms with Crippen molar-refractivity contribution in [2.45, 2.75) is 25.3 Å². The lowest BCUT2D eigenvalue weighted by atomic mass is 9.98. The third-order valence-electron chi connectivity index (χ3n) is 3.89. The van der Waals surface area contributed by atoms with Gasteiger partial charge < -0.3 is 15.4 Å². The second-order valence-corrected chi connectivity index (χ2v) is 6.90. The van der Waals surface area contributed by atoms with E-state index in [1.165, 1.54) is 0 Å². The number of carbonyl (C=O) groups is 3. The van der Waals surface area contributed by atoms with E-state index < -0.39 is 29.9 Å². The SMILES string of the molecule is C[C@](C#N)(NC(=O)COC(=O)CNC(=O)c1ccc(Br)cc1)C1CC1. The first-order valence-corrected chi connectivity index (χ1v) is 8.55. The summed E-state index contributed by atoms with van der Waals surface area (Å²) in [5.41, 5.74) is -0.526. The molecular weight excluding hydrogens is 390 g/mol. The van der Waals surface area contributed by atoms with Crippen molar-refractivity contribution < 1.29 is 19.1 Å². The summed E-state index contributed by atoms with van der Waals surface area (Å²) in [4.78, 5) is 35.3. The first-order valence-electron chi connectivity index (χ1n) is 7.75. The van der Waals surface area contributed by atoms with Gasteiger partial charge in [0.2, 0.25) is 0 Å². The van der Waals surface area contributed by atoms with Crippen molar-refractivity contribution in [1.82, 2.24) is 10.6 Å². The quantitative estimate of drug-likeness (QED) is 0.666. The van der Waals surface area contributed by atoms with Crippen LogP contribution in [0.15, 0.2) is 28.7 Å². The van der Waals surface area contributed by atoms with E-state index in [9.17, 15) is 14.4 Å². The highest BCUT2D eigenvalue weighted by molar-refractivity contribution is 9.10. The van der Waals surface area contributed by atoms with Crippen molar-refractivity contribution in [3.05, 3.63) is 34.3 Å². The minimum absolute atomic E-state index is 0.141. The van der Waals surface area contributed by atoms with Crippen molar-refractivity contribution in [2.75, 3.05) is 13.2 Å². The van der Waals surface area contributed by atoms with Gasteiger partial charge in [-0.3, -0.25) is 14.4 Å². The van der Waals surface area contributed by atoms with Crippen LogP contribution in [-0.2, 0) is 14.3 Å². The van der Waals surface area contributed by atoms with Crippen LogP contribution in [0, 0.1) is 17.2 Å². The molecule has 1 atom stereocenters. The molecule has 0 bridgehead atoms. The summed E-state index contributed by atoms with van der Waals surface area (Å²) in [7, 11) is 0. The Morgan fingerprint density at radius 2 is 1.96 bits per heavy atom. The van der Waals surface area contributed by atoms with Crippen LogP contribution in [0.25, 0.3) is 0 Å². The van der Waals surface area contributed by atoms with Crippen LogP contribution in [-0.4, -0.2) is 36.5 Å². The predicted octanol–water partition coefficient (Wildman–Crippen LogP) is 1.53. The fraction of sp³-hybridized carbons (Fsp3) is 0.412. The van der Waals surface area contributed by atoms with E-state index in [-0.39, 0.29) is 12.5 Å². The van der Waals surface area contributed by atoms with E-state index in [1.54, 1.807) is 31.2 Å². The lowest BCUT2D eigenvalue weighted by molar-refractivity contribution is -0.147. The van der Waals surface area contributed by atoms with Crippen molar-refractivity contribution in [2.24, 2.45) is 5.92 Å². The normalized spacial score (nSPS) is 15.4. The van der Waals surface area contributed by atoms with Crippen LogP contribution in [0.1, 0.15) is 30.1 Å². The van der Waals surface area contributed by atoms with Gasteiger partial charge in [-0.05, 0) is 49.9 Å². The smallest absolute Gasteiger partial charge is 0.325 e. The number of nitrogens with zero attached hydrogens (tertiary/aromatic N) is 1. The Bertz CT molecular complexity index is 710. The molecule has 132 valence electrons. The van der Waals surface area contributed by atoms with Gasteiger partial charge in [-0.1, -0.05) is 15.9 Å². The molecule has 1 fully saturated rings. The zero-order chi connectivity index (χ0) is 18.4. The average Bonchev–Trinajstić information content (AvgIpc) is 3.44. The minimum atomic E-state index is -0.931. The van der Waals surface area contributed by atoms with Crippen LogP contribution in [0.3, 0.4) is 0 Å². The summed E-state index contributed by atoms with van der Waals surface area (Å²) in [6, 6.07) is 8.73. The van der Waals surface area contributed by atoms with Gasteiger partial charge in [0.25, 0.3) is 11.8 Å². The molecule has 1 aliphatic carbocycles. The van der Waals surface area contributed by atoms with Crippen LogP contribution in [0.2, 0.25) is 0 Å². The average molecular weight is 408 g/mol. The molecule has 0 aliphatic heterocycles. The Labute approximate surface area is 153 Å². The van der Waals surface area contributed by atoms with Crippen molar-refractivity contribution in [3.63, 3.8) is 0 Å². The summed E-state index contributed by atoms with van der Waals surface area (Å²) in [5, 5.41) is 14.2. The molecule has 0 unspecified atom stereocenters. The van der Waals surface area contributed by atoms with Crippen LogP contribution in [0.5, 0.6) is 0 Å². The summed E-state index contributed by atoms with van der Waals surface area (Å²) in [6.07, 6.45) is 1.79. The Balaban J connectivity index is 1.71. The summed E-state index contributed by atoms with van der Waals surface area (Å²) in [5.74, 6) is -1.55. The molecule has 0 saturated heterocycles. The molecule has 8 heteroatoms. The number of esters is 1. The molecule has 1 aliphatic rings. The van der Waals surface area contributed by atoms with Gasteiger partial charge in [0.05, 0.1) is 6.07 Å². The molecule has 0 aromatic heterocycles. The van der Waals surface area contributed by atoms with Gasteiger partial charge in [0.1, 0.15) is 12.1 Å². The van der Waals surface area contributed by atoms with E-state index in [1.807, 2.05) is 0 Å². The number of nitriles is 1. The highest BCUT2D eigenvalue weighted by Gasteiger charge is 2.43. The monoisotopic (exact) mass is 407 g/mol. The Kier molecular flexibility index (Phi) is 6.15. The first kappa shape index (κ1) is 18.9. The molecular formula is C17H18BrN3O4. The number of hydrogen-bond acceptors (Lipinski definition) is 5. The number of ether oxygens (including phenoxy) is 1. The van der Waals surface area contributed by atoms with Crippen molar-refractivity contribution in [1.29, 1.82) is 5.26 Å². The lowest BCUT2D eigenvalue weighted by Gasteiger charge is -2.22. The predicted molar refractivity (Wildman–Crippen MR) is 92.3 cm³/mol. The van der Waals surface area contributed by atoms with Gasteiger partial charge in [-0.25, -0.2) is 0 Å². The van der Waals surface area contributed by atoms with Gasteiger partial charge in [-0.15, -0.1) is 0 Å². The summed E-state index contributed by atoms with van der Waals surface area (Å²) >= 11 is 3.27. The van der Waals surface area contributed by atoms with Crippen molar-refractivity contribution >= 4 is 33.7 Å². The Morgan fingerprint density at radius 1 is 1.32 bits per heavy atom. The number of carbonyl (C=O) groups excluding carboxylic acids is 3. The topological polar surface area (TPSA) is 108 Å². The third-order valence-corrected chi connectivity index (χ3v) is 4.42. The fourth-order valence-electron chi connectivity index (χ4n) is 2.26. The number of rotatable bonds is 7. The number of halogens is 1. The van der Waals surface area contributed by atoms with Gasteiger partial charge >= 0.3 is 5.97 Å². The molecule has 0 heterocycles. The molecule has 25 heavy (non-hydrogen) atoms. The summed E-state index contributed by atoms with van der Waals surface area (Å²) < 4.78 is 5.66. The molecule has 1 aromatic carbocycles. The van der Waals surface area contributed by atoms with Gasteiger partial charge in [0.15, 0.2) is 6.61 Å². The van der Waals surface area contributed by atoms with Crippen LogP contribution in [0.4, 0.5) is 0 Å². The highest BCUT2D eigenvalue weighted by atomic mass is 79.9. The van der Waals surface area contributed by atoms with Gasteiger partial charge in [-0.2, -0.15) is 5.26 Å². The Morgan fingerprint density at radius 3 is 2.52 bits per heavy atom. The lowest BCUT2D eigenvalue weighted by Crippen LogP contribution is -2.48. The molecule has 2 amide bonds. The number of hydrogen-bond donors (Lipinski definition) is 2. The fourth-order valence-corrected chi connectivity index (χ4v) is 2.52. The maximum absolute atomic E-state index is 11.9. The van der Waals surface area contributed by atoms with Crippen LogP contribution >= 0.6 is 15.9 Å². The molecule has 2 N–H and O–H groups in total. The molecule has 7 nitrogen and oxygen atoms in total. The molecule has 0 radical (unpaired) electrons. The molecule has 0 spiro atoms. The summed E-state index contributed by atoms with van der Waals surface area (Å²) in [6.45, 7) is 0.820.